The number of nitrogens with zero attached hydrogens (tertiary/aromatic N) is 2. The minimum atomic E-state index is 0.0267. The fourth-order valence-corrected chi connectivity index (χ4v) is 5.05. The molecule has 0 spiro atoms. The zero-order valence-corrected chi connectivity index (χ0v) is 17.0. The van der Waals surface area contributed by atoms with Crippen molar-refractivity contribution in [3.8, 4) is 0 Å². The minimum absolute atomic E-state index is 0.0267. The van der Waals surface area contributed by atoms with E-state index in [4.69, 9.17) is 0 Å². The lowest BCUT2D eigenvalue weighted by Gasteiger charge is -2.36. The summed E-state index contributed by atoms with van der Waals surface area (Å²) in [5.41, 5.74) is 3.87. The standard InChI is InChI=1S/C23H23N3O2S/c27-21(17-5-4-16-6-7-23(28)24-19(16)14-17)15-25-9-11-26(12-10-25)20-2-1-3-22-18(20)8-13-29-22/h1-5,8,13-14H,6-7,9-12,15H2,(H,24,28). The number of piperazine rings is 1. The number of aryl methyl sites for hydroxylation is 1. The maximum absolute atomic E-state index is 12.8. The lowest BCUT2D eigenvalue weighted by atomic mass is 9.99. The molecule has 0 atom stereocenters. The Kier molecular flexibility index (Phi) is 4.81. The van der Waals surface area contributed by atoms with Crippen LogP contribution in [-0.4, -0.2) is 49.3 Å². The highest BCUT2D eigenvalue weighted by molar-refractivity contribution is 7.17. The predicted octanol–water partition coefficient (Wildman–Crippen LogP) is 3.79. The van der Waals surface area contributed by atoms with Crippen molar-refractivity contribution in [1.82, 2.24) is 4.90 Å². The molecule has 29 heavy (non-hydrogen) atoms. The minimum Gasteiger partial charge on any atom is -0.368 e. The normalized spacial score (nSPS) is 17.2. The average molecular weight is 406 g/mol. The van der Waals surface area contributed by atoms with Crippen molar-refractivity contribution in [2.75, 3.05) is 42.9 Å². The van der Waals surface area contributed by atoms with E-state index < -0.39 is 0 Å². The van der Waals surface area contributed by atoms with Crippen molar-refractivity contribution >= 4 is 44.5 Å². The van der Waals surface area contributed by atoms with Gasteiger partial charge >= 0.3 is 0 Å². The summed E-state index contributed by atoms with van der Waals surface area (Å²) in [4.78, 5) is 29.1. The molecular formula is C23H23N3O2S. The molecule has 0 aliphatic carbocycles. The van der Waals surface area contributed by atoms with Crippen molar-refractivity contribution in [3.63, 3.8) is 0 Å². The molecule has 0 unspecified atom stereocenters. The van der Waals surface area contributed by atoms with Gasteiger partial charge in [-0.15, -0.1) is 11.3 Å². The van der Waals surface area contributed by atoms with Crippen LogP contribution in [0.3, 0.4) is 0 Å². The number of nitrogens with one attached hydrogen (secondary N) is 1. The summed E-state index contributed by atoms with van der Waals surface area (Å²) < 4.78 is 1.32. The molecule has 3 aromatic rings. The molecule has 148 valence electrons. The molecule has 5 rings (SSSR count). The van der Waals surface area contributed by atoms with E-state index in [1.54, 1.807) is 11.3 Å². The van der Waals surface area contributed by atoms with E-state index in [0.717, 1.165) is 43.9 Å². The van der Waals surface area contributed by atoms with Gasteiger partial charge in [-0.3, -0.25) is 14.5 Å². The Hall–Kier alpha value is -2.70. The summed E-state index contributed by atoms with van der Waals surface area (Å²) in [6.07, 6.45) is 1.26. The monoisotopic (exact) mass is 405 g/mol. The number of carbonyl (C=O) groups is 2. The number of hydrogen-bond donors (Lipinski definition) is 1. The first kappa shape index (κ1) is 18.3. The fraction of sp³-hybridized carbons (Fsp3) is 0.304. The Labute approximate surface area is 173 Å². The summed E-state index contributed by atoms with van der Waals surface area (Å²) >= 11 is 1.77. The van der Waals surface area contributed by atoms with E-state index in [1.165, 1.54) is 15.8 Å². The number of thiophene rings is 1. The molecule has 2 aromatic carbocycles. The van der Waals surface area contributed by atoms with Gasteiger partial charge < -0.3 is 10.2 Å². The number of hydrogen-bond acceptors (Lipinski definition) is 5. The molecule has 0 radical (unpaired) electrons. The first-order chi connectivity index (χ1) is 14.2. The molecule has 1 N–H and O–H groups in total. The van der Waals surface area contributed by atoms with Crippen molar-refractivity contribution in [2.24, 2.45) is 0 Å². The van der Waals surface area contributed by atoms with Gasteiger partial charge in [0, 0.05) is 59.6 Å². The summed E-state index contributed by atoms with van der Waals surface area (Å²) in [5.74, 6) is 0.139. The van der Waals surface area contributed by atoms with Crippen LogP contribution < -0.4 is 10.2 Å². The zero-order chi connectivity index (χ0) is 19.8. The van der Waals surface area contributed by atoms with Crippen LogP contribution >= 0.6 is 11.3 Å². The van der Waals surface area contributed by atoms with E-state index >= 15 is 0 Å². The summed E-state index contributed by atoms with van der Waals surface area (Å²) in [5, 5.41) is 6.35. The van der Waals surface area contributed by atoms with Crippen LogP contribution in [-0.2, 0) is 11.2 Å². The molecule has 1 aromatic heterocycles. The summed E-state index contributed by atoms with van der Waals surface area (Å²) in [6.45, 7) is 4.00. The molecule has 0 saturated carbocycles. The highest BCUT2D eigenvalue weighted by Gasteiger charge is 2.22. The van der Waals surface area contributed by atoms with Gasteiger partial charge in [-0.05, 0) is 41.6 Å². The first-order valence-electron chi connectivity index (χ1n) is 10.1. The topological polar surface area (TPSA) is 52.7 Å². The first-order valence-corrected chi connectivity index (χ1v) is 10.9. The molecule has 2 aliphatic heterocycles. The number of rotatable bonds is 4. The Morgan fingerprint density at radius 3 is 2.76 bits per heavy atom. The Morgan fingerprint density at radius 2 is 1.90 bits per heavy atom. The molecule has 1 fully saturated rings. The smallest absolute Gasteiger partial charge is 0.224 e. The van der Waals surface area contributed by atoms with Crippen molar-refractivity contribution < 1.29 is 9.59 Å². The maximum Gasteiger partial charge on any atom is 0.224 e. The van der Waals surface area contributed by atoms with Crippen molar-refractivity contribution in [2.45, 2.75) is 12.8 Å². The Balaban J connectivity index is 1.23. The largest absolute Gasteiger partial charge is 0.368 e. The van der Waals surface area contributed by atoms with Crippen LogP contribution in [0.2, 0.25) is 0 Å². The third kappa shape index (κ3) is 3.66. The number of Topliss-reactive ketones (excluding diaryl/α,β-unsaturated/α-hetero) is 1. The fourth-order valence-electron chi connectivity index (χ4n) is 4.24. The van der Waals surface area contributed by atoms with Gasteiger partial charge in [-0.2, -0.15) is 0 Å². The SMILES string of the molecule is O=C1CCc2ccc(C(=O)CN3CCN(c4cccc5sccc45)CC3)cc2N1. The third-order valence-electron chi connectivity index (χ3n) is 5.88. The molecule has 2 aliphatic rings. The molecule has 0 bridgehead atoms. The van der Waals surface area contributed by atoms with Crippen LogP contribution in [0.1, 0.15) is 22.3 Å². The summed E-state index contributed by atoms with van der Waals surface area (Å²) in [6, 6.07) is 14.4. The number of benzene rings is 2. The molecule has 5 nitrogen and oxygen atoms in total. The van der Waals surface area contributed by atoms with Gasteiger partial charge in [0.05, 0.1) is 6.54 Å². The summed E-state index contributed by atoms with van der Waals surface area (Å²) in [7, 11) is 0. The van der Waals surface area contributed by atoms with Gasteiger partial charge in [0.2, 0.25) is 5.91 Å². The second kappa shape index (κ2) is 7.61. The lowest BCUT2D eigenvalue weighted by molar-refractivity contribution is -0.116. The average Bonchev–Trinajstić information content (AvgIpc) is 3.23. The number of anilines is 2. The van der Waals surface area contributed by atoms with Crippen LogP contribution in [0.4, 0.5) is 11.4 Å². The quantitative estimate of drug-likeness (QED) is 0.671. The number of carbonyl (C=O) groups excluding carboxylic acids is 2. The van der Waals surface area contributed by atoms with Crippen molar-refractivity contribution in [3.05, 3.63) is 59.0 Å². The molecule has 1 amide bonds. The van der Waals surface area contributed by atoms with Gasteiger partial charge in [0.15, 0.2) is 5.78 Å². The van der Waals surface area contributed by atoms with Gasteiger partial charge in [0.1, 0.15) is 0 Å². The number of ketones is 1. The molecular weight excluding hydrogens is 382 g/mol. The highest BCUT2D eigenvalue weighted by Crippen LogP contribution is 2.31. The van der Waals surface area contributed by atoms with E-state index in [9.17, 15) is 9.59 Å². The van der Waals surface area contributed by atoms with E-state index in [2.05, 4.69) is 44.8 Å². The van der Waals surface area contributed by atoms with E-state index in [1.807, 2.05) is 18.2 Å². The van der Waals surface area contributed by atoms with Crippen LogP contribution in [0.15, 0.2) is 47.8 Å². The van der Waals surface area contributed by atoms with E-state index in [-0.39, 0.29) is 11.7 Å². The lowest BCUT2D eigenvalue weighted by Crippen LogP contribution is -2.48. The van der Waals surface area contributed by atoms with Crippen LogP contribution in [0.5, 0.6) is 0 Å². The third-order valence-corrected chi connectivity index (χ3v) is 6.76. The number of amides is 1. The maximum atomic E-state index is 12.8. The second-order valence-corrected chi connectivity index (χ2v) is 8.66. The molecule has 1 saturated heterocycles. The zero-order valence-electron chi connectivity index (χ0n) is 16.2. The highest BCUT2D eigenvalue weighted by atomic mass is 32.1. The number of fused-ring (bicyclic) bond motifs is 2. The Bertz CT molecular complexity index is 1080. The predicted molar refractivity (Wildman–Crippen MR) is 118 cm³/mol. The second-order valence-electron chi connectivity index (χ2n) is 7.72. The molecule has 3 heterocycles. The van der Waals surface area contributed by atoms with Gasteiger partial charge in [0.25, 0.3) is 0 Å². The van der Waals surface area contributed by atoms with Crippen LogP contribution in [0, 0.1) is 0 Å². The van der Waals surface area contributed by atoms with Crippen LogP contribution in [0.25, 0.3) is 10.1 Å². The van der Waals surface area contributed by atoms with Gasteiger partial charge in [-0.1, -0.05) is 18.2 Å². The van der Waals surface area contributed by atoms with Crippen molar-refractivity contribution in [1.29, 1.82) is 0 Å². The van der Waals surface area contributed by atoms with Gasteiger partial charge in [-0.25, -0.2) is 0 Å². The Morgan fingerprint density at radius 1 is 1.03 bits per heavy atom. The molecule has 6 heteroatoms. The van der Waals surface area contributed by atoms with E-state index in [0.29, 0.717) is 18.5 Å².